The normalized spacial score (nSPS) is 12.4. The van der Waals surface area contributed by atoms with E-state index >= 15 is 0 Å². The summed E-state index contributed by atoms with van der Waals surface area (Å²) in [7, 11) is 0. The van der Waals surface area contributed by atoms with Gasteiger partial charge in [-0.1, -0.05) is 96.1 Å². The van der Waals surface area contributed by atoms with Gasteiger partial charge < -0.3 is 14.2 Å². The molecule has 1 aromatic rings. The predicted molar refractivity (Wildman–Crippen MR) is 143 cm³/mol. The van der Waals surface area contributed by atoms with Gasteiger partial charge in [0.05, 0.1) is 29.9 Å². The van der Waals surface area contributed by atoms with Crippen LogP contribution in [0.1, 0.15) is 139 Å². The van der Waals surface area contributed by atoms with Crippen LogP contribution in [0, 0.1) is 0 Å². The summed E-state index contributed by atoms with van der Waals surface area (Å²) in [4.78, 5) is 25.2. The molecule has 5 nitrogen and oxygen atoms in total. The third-order valence-electron chi connectivity index (χ3n) is 5.91. The van der Waals surface area contributed by atoms with E-state index in [0.29, 0.717) is 13.2 Å². The van der Waals surface area contributed by atoms with Gasteiger partial charge >= 0.3 is 11.9 Å². The fraction of sp³-hybridized carbons (Fsp3) is 0.733. The fourth-order valence-corrected chi connectivity index (χ4v) is 3.85. The molecule has 0 aliphatic rings. The molecular weight excluding hydrogens is 440 g/mol. The van der Waals surface area contributed by atoms with Crippen molar-refractivity contribution >= 4 is 11.9 Å². The van der Waals surface area contributed by atoms with Gasteiger partial charge in [0.1, 0.15) is 6.10 Å². The highest BCUT2D eigenvalue weighted by Gasteiger charge is 2.21. The van der Waals surface area contributed by atoms with Crippen LogP contribution in [0.3, 0.4) is 0 Å². The van der Waals surface area contributed by atoms with Crippen molar-refractivity contribution in [3.63, 3.8) is 0 Å². The van der Waals surface area contributed by atoms with Crippen molar-refractivity contribution < 1.29 is 23.8 Å². The van der Waals surface area contributed by atoms with Gasteiger partial charge in [0, 0.05) is 0 Å². The lowest BCUT2D eigenvalue weighted by Gasteiger charge is -2.22. The third-order valence-corrected chi connectivity index (χ3v) is 5.91. The van der Waals surface area contributed by atoms with E-state index in [0.717, 1.165) is 12.8 Å². The highest BCUT2D eigenvalue weighted by molar-refractivity contribution is 6.03. The average Bonchev–Trinajstić information content (AvgIpc) is 2.82. The van der Waals surface area contributed by atoms with Gasteiger partial charge in [0.2, 0.25) is 0 Å². The smallest absolute Gasteiger partial charge is 0.339 e. The standard InChI is InChI=1S/C30H50O5/c1-6-7-8-9-10-11-12-13-14-15-16-17-20-23-33-28(31)26-21-18-19-22-27(26)29(32)35-25(2)24-34-30(3,4)5/h18-19,21-22,25H,6-17,20,23-24H2,1-5H3. The van der Waals surface area contributed by atoms with E-state index in [4.69, 9.17) is 14.2 Å². The van der Waals surface area contributed by atoms with Crippen molar-refractivity contribution in [3.05, 3.63) is 35.4 Å². The third kappa shape index (κ3) is 15.7. The molecule has 1 atom stereocenters. The number of carbonyl (C=O) groups is 2. The molecule has 0 aliphatic heterocycles. The molecule has 0 bridgehead atoms. The zero-order valence-electron chi connectivity index (χ0n) is 23.0. The summed E-state index contributed by atoms with van der Waals surface area (Å²) in [6.07, 6.45) is 16.1. The molecule has 1 aromatic carbocycles. The van der Waals surface area contributed by atoms with Crippen LogP contribution in [0.15, 0.2) is 24.3 Å². The first-order valence-corrected chi connectivity index (χ1v) is 13.9. The van der Waals surface area contributed by atoms with Gasteiger partial charge in [-0.15, -0.1) is 0 Å². The largest absolute Gasteiger partial charge is 0.462 e. The number of esters is 2. The minimum absolute atomic E-state index is 0.227. The Morgan fingerprint density at radius 1 is 0.743 bits per heavy atom. The van der Waals surface area contributed by atoms with Crippen LogP contribution in [0.2, 0.25) is 0 Å². The van der Waals surface area contributed by atoms with Crippen molar-refractivity contribution in [1.29, 1.82) is 0 Å². The second-order valence-electron chi connectivity index (χ2n) is 10.6. The van der Waals surface area contributed by atoms with Crippen molar-refractivity contribution in [2.24, 2.45) is 0 Å². The summed E-state index contributed by atoms with van der Waals surface area (Å²) in [5.41, 5.74) is 0.164. The number of ether oxygens (including phenoxy) is 3. The Balaban J connectivity index is 2.22. The van der Waals surface area contributed by atoms with E-state index < -0.39 is 18.0 Å². The second-order valence-corrected chi connectivity index (χ2v) is 10.6. The van der Waals surface area contributed by atoms with Crippen LogP contribution in [0.25, 0.3) is 0 Å². The van der Waals surface area contributed by atoms with E-state index in [1.54, 1.807) is 31.2 Å². The molecule has 1 rings (SSSR count). The summed E-state index contributed by atoms with van der Waals surface area (Å²) in [5, 5.41) is 0. The molecule has 0 radical (unpaired) electrons. The van der Waals surface area contributed by atoms with Crippen LogP contribution in [-0.2, 0) is 14.2 Å². The van der Waals surface area contributed by atoms with E-state index in [1.165, 1.54) is 70.6 Å². The Kier molecular flexibility index (Phi) is 16.4. The van der Waals surface area contributed by atoms with Gasteiger partial charge in [-0.05, 0) is 46.2 Å². The number of unbranched alkanes of at least 4 members (excludes halogenated alkanes) is 12. The number of carbonyl (C=O) groups excluding carboxylic acids is 2. The molecule has 1 unspecified atom stereocenters. The van der Waals surface area contributed by atoms with Crippen molar-refractivity contribution in [3.8, 4) is 0 Å². The Morgan fingerprint density at radius 2 is 1.20 bits per heavy atom. The Labute approximate surface area is 214 Å². The van der Waals surface area contributed by atoms with E-state index in [1.807, 2.05) is 20.8 Å². The highest BCUT2D eigenvalue weighted by Crippen LogP contribution is 2.16. The summed E-state index contributed by atoms with van der Waals surface area (Å²) < 4.78 is 16.6. The average molecular weight is 491 g/mol. The molecule has 0 saturated carbocycles. The minimum atomic E-state index is -0.538. The Hall–Kier alpha value is -1.88. The van der Waals surface area contributed by atoms with Gasteiger partial charge in [0.15, 0.2) is 0 Å². The first kappa shape index (κ1) is 31.2. The van der Waals surface area contributed by atoms with Crippen LogP contribution in [-0.4, -0.2) is 36.9 Å². The van der Waals surface area contributed by atoms with Crippen LogP contribution in [0.5, 0.6) is 0 Å². The van der Waals surface area contributed by atoms with Gasteiger partial charge in [0.25, 0.3) is 0 Å². The van der Waals surface area contributed by atoms with Gasteiger partial charge in [-0.3, -0.25) is 0 Å². The summed E-state index contributed by atoms with van der Waals surface area (Å²) >= 11 is 0. The number of benzene rings is 1. The molecule has 35 heavy (non-hydrogen) atoms. The minimum Gasteiger partial charge on any atom is -0.462 e. The highest BCUT2D eigenvalue weighted by atomic mass is 16.6. The molecule has 0 amide bonds. The molecule has 200 valence electrons. The molecule has 0 aromatic heterocycles. The molecule has 0 heterocycles. The van der Waals surface area contributed by atoms with Crippen LogP contribution >= 0.6 is 0 Å². The molecule has 0 saturated heterocycles. The summed E-state index contributed by atoms with van der Waals surface area (Å²) in [6.45, 7) is 10.5. The monoisotopic (exact) mass is 490 g/mol. The Morgan fingerprint density at radius 3 is 1.69 bits per heavy atom. The topological polar surface area (TPSA) is 61.8 Å². The maximum absolute atomic E-state index is 12.6. The van der Waals surface area contributed by atoms with Crippen molar-refractivity contribution in [1.82, 2.24) is 0 Å². The lowest BCUT2D eigenvalue weighted by molar-refractivity contribution is -0.0531. The van der Waals surface area contributed by atoms with Gasteiger partial charge in [-0.25, -0.2) is 9.59 Å². The molecule has 0 aliphatic carbocycles. The lowest BCUT2D eigenvalue weighted by atomic mass is 10.0. The van der Waals surface area contributed by atoms with E-state index in [2.05, 4.69) is 6.92 Å². The van der Waals surface area contributed by atoms with E-state index in [-0.39, 0.29) is 16.7 Å². The molecular formula is C30H50O5. The van der Waals surface area contributed by atoms with Crippen LogP contribution < -0.4 is 0 Å². The quantitative estimate of drug-likeness (QED) is 0.144. The van der Waals surface area contributed by atoms with Crippen molar-refractivity contribution in [2.45, 2.75) is 130 Å². The first-order chi connectivity index (χ1) is 16.7. The van der Waals surface area contributed by atoms with Gasteiger partial charge in [-0.2, -0.15) is 0 Å². The maximum atomic E-state index is 12.6. The SMILES string of the molecule is CCCCCCCCCCCCCCCOC(=O)c1ccccc1C(=O)OC(C)COC(C)(C)C. The number of rotatable bonds is 19. The number of hydrogen-bond donors (Lipinski definition) is 0. The Bertz CT molecular complexity index is 707. The summed E-state index contributed by atoms with van der Waals surface area (Å²) in [5.74, 6) is -1.02. The second kappa shape index (κ2) is 18.4. The molecule has 0 fully saturated rings. The predicted octanol–water partition coefficient (Wildman–Crippen LogP) is 8.30. The number of hydrogen-bond acceptors (Lipinski definition) is 5. The summed E-state index contributed by atoms with van der Waals surface area (Å²) in [6, 6.07) is 6.65. The zero-order chi connectivity index (χ0) is 25.9. The molecule has 5 heteroatoms. The first-order valence-electron chi connectivity index (χ1n) is 13.9. The lowest BCUT2D eigenvalue weighted by Crippen LogP contribution is -2.28. The van der Waals surface area contributed by atoms with Crippen molar-refractivity contribution in [2.75, 3.05) is 13.2 Å². The zero-order valence-corrected chi connectivity index (χ0v) is 23.0. The van der Waals surface area contributed by atoms with E-state index in [9.17, 15) is 9.59 Å². The fourth-order valence-electron chi connectivity index (χ4n) is 3.85. The molecule has 0 spiro atoms. The van der Waals surface area contributed by atoms with Crippen LogP contribution in [0.4, 0.5) is 0 Å². The molecule has 0 N–H and O–H groups in total. The maximum Gasteiger partial charge on any atom is 0.339 e.